The molecule has 3 rings (SSSR count). The van der Waals surface area contributed by atoms with Crippen LogP contribution < -0.4 is 5.32 Å². The van der Waals surface area contributed by atoms with Crippen LogP contribution in [0, 0.1) is 27.7 Å². The van der Waals surface area contributed by atoms with Crippen molar-refractivity contribution in [3.63, 3.8) is 0 Å². The molecule has 0 radical (unpaired) electrons. The number of fused-ring (bicyclic) bond motifs is 1. The minimum Gasteiger partial charge on any atom is -0.506 e. The highest BCUT2D eigenvalue weighted by Gasteiger charge is 2.31. The van der Waals surface area contributed by atoms with Gasteiger partial charge in [0.2, 0.25) is 0 Å². The highest BCUT2D eigenvalue weighted by molar-refractivity contribution is 6.35. The molecule has 1 amide bonds. The number of carboxylic acid groups (broad SMARTS) is 1. The Labute approximate surface area is 151 Å². The molecule has 26 heavy (non-hydrogen) atoms. The molecule has 0 unspecified atom stereocenters. The van der Waals surface area contributed by atoms with E-state index in [0.29, 0.717) is 51.7 Å². The Morgan fingerprint density at radius 1 is 1.23 bits per heavy atom. The summed E-state index contributed by atoms with van der Waals surface area (Å²) in [7, 11) is 0. The third-order valence-electron chi connectivity index (χ3n) is 4.96. The van der Waals surface area contributed by atoms with E-state index in [-0.39, 0.29) is 17.2 Å². The lowest BCUT2D eigenvalue weighted by atomic mass is 10.00. The van der Waals surface area contributed by atoms with Gasteiger partial charge in [-0.15, -0.1) is 0 Å². The summed E-state index contributed by atoms with van der Waals surface area (Å²) in [4.78, 5) is 28.4. The highest BCUT2D eigenvalue weighted by atomic mass is 16.4. The molecule has 1 aliphatic rings. The number of hydrogen-bond acceptors (Lipinski definition) is 4. The predicted molar refractivity (Wildman–Crippen MR) is 98.4 cm³/mol. The smallest absolute Gasteiger partial charge is 0.337 e. The number of aromatic hydroxyl groups is 1. The molecule has 0 fully saturated rings. The molecule has 2 aromatic heterocycles. The summed E-state index contributed by atoms with van der Waals surface area (Å²) < 4.78 is 1.87. The Morgan fingerprint density at radius 2 is 1.88 bits per heavy atom. The standard InChI is InChI=1S/C19H21N3O4/c1-6-22-11(5)14(19(25)26)8(2)13(22)7-12-15-9(3)16(23)10(4)20-17(15)21-18(12)24/h7,23H,6H2,1-5H3,(H,25,26)(H,20,21,24). The number of aryl methyl sites for hydroxylation is 1. The first-order valence-electron chi connectivity index (χ1n) is 8.35. The van der Waals surface area contributed by atoms with Crippen LogP contribution in [-0.2, 0) is 11.3 Å². The molecular weight excluding hydrogens is 334 g/mol. The second-order valence-corrected chi connectivity index (χ2v) is 6.43. The van der Waals surface area contributed by atoms with Crippen molar-refractivity contribution in [3.8, 4) is 5.75 Å². The van der Waals surface area contributed by atoms with Crippen molar-refractivity contribution < 1.29 is 19.8 Å². The lowest BCUT2D eigenvalue weighted by molar-refractivity contribution is -0.110. The second-order valence-electron chi connectivity index (χ2n) is 6.43. The fraction of sp³-hybridized carbons (Fsp3) is 0.316. The van der Waals surface area contributed by atoms with Crippen molar-refractivity contribution in [1.29, 1.82) is 0 Å². The van der Waals surface area contributed by atoms with E-state index in [1.165, 1.54) is 0 Å². The molecule has 7 nitrogen and oxygen atoms in total. The van der Waals surface area contributed by atoms with Crippen LogP contribution in [0.5, 0.6) is 5.75 Å². The molecule has 3 heterocycles. The Morgan fingerprint density at radius 3 is 2.46 bits per heavy atom. The van der Waals surface area contributed by atoms with Crippen molar-refractivity contribution in [2.75, 3.05) is 5.32 Å². The van der Waals surface area contributed by atoms with Crippen LogP contribution in [0.3, 0.4) is 0 Å². The van der Waals surface area contributed by atoms with Crippen molar-refractivity contribution in [2.24, 2.45) is 0 Å². The van der Waals surface area contributed by atoms with Gasteiger partial charge in [0.05, 0.1) is 16.8 Å². The highest BCUT2D eigenvalue weighted by Crippen LogP contribution is 2.39. The molecule has 0 atom stereocenters. The Hall–Kier alpha value is -3.09. The number of aromatic carboxylic acids is 1. The zero-order chi connectivity index (χ0) is 19.3. The molecule has 1 aliphatic heterocycles. The fourth-order valence-electron chi connectivity index (χ4n) is 3.65. The molecule has 7 heteroatoms. The van der Waals surface area contributed by atoms with Gasteiger partial charge in [0.15, 0.2) is 0 Å². The van der Waals surface area contributed by atoms with E-state index in [2.05, 4.69) is 10.3 Å². The number of amides is 1. The first kappa shape index (κ1) is 17.7. The first-order valence-corrected chi connectivity index (χ1v) is 8.35. The summed E-state index contributed by atoms with van der Waals surface area (Å²) in [6, 6.07) is 0. The van der Waals surface area contributed by atoms with Crippen molar-refractivity contribution in [1.82, 2.24) is 9.55 Å². The topological polar surface area (TPSA) is 104 Å². The zero-order valence-corrected chi connectivity index (χ0v) is 15.4. The Balaban J connectivity index is 2.29. The zero-order valence-electron chi connectivity index (χ0n) is 15.4. The van der Waals surface area contributed by atoms with Crippen LogP contribution in [0.4, 0.5) is 5.82 Å². The minimum absolute atomic E-state index is 0.0520. The Kier molecular flexibility index (Phi) is 4.10. The SMILES string of the molecule is CCn1c(C)c(C(=O)O)c(C)c1C=C1C(=O)Nc2nc(C)c(O)c(C)c21. The van der Waals surface area contributed by atoms with Gasteiger partial charge < -0.3 is 20.1 Å². The van der Waals surface area contributed by atoms with Gasteiger partial charge in [0.25, 0.3) is 5.91 Å². The third kappa shape index (κ3) is 2.39. The number of hydrogen-bond donors (Lipinski definition) is 3. The maximum Gasteiger partial charge on any atom is 0.337 e. The van der Waals surface area contributed by atoms with Crippen LogP contribution >= 0.6 is 0 Å². The van der Waals surface area contributed by atoms with Gasteiger partial charge in [0, 0.05) is 29.1 Å². The second kappa shape index (κ2) is 6.01. The quantitative estimate of drug-likeness (QED) is 0.734. The van der Waals surface area contributed by atoms with Crippen molar-refractivity contribution in [2.45, 2.75) is 41.2 Å². The van der Waals surface area contributed by atoms with Crippen molar-refractivity contribution in [3.05, 3.63) is 39.3 Å². The van der Waals surface area contributed by atoms with E-state index in [9.17, 15) is 19.8 Å². The predicted octanol–water partition coefficient (Wildman–Crippen LogP) is 3.03. The normalized spacial score (nSPS) is 14.7. The number of pyridine rings is 1. The summed E-state index contributed by atoms with van der Waals surface area (Å²) in [5.41, 5.74) is 4.10. The summed E-state index contributed by atoms with van der Waals surface area (Å²) in [5, 5.41) is 22.4. The molecule has 0 aliphatic carbocycles. The van der Waals surface area contributed by atoms with Crippen LogP contribution in [0.1, 0.15) is 51.1 Å². The monoisotopic (exact) mass is 355 g/mol. The van der Waals surface area contributed by atoms with Gasteiger partial charge in [-0.25, -0.2) is 9.78 Å². The average Bonchev–Trinajstić information content (AvgIpc) is 2.99. The molecular formula is C19H21N3O4. The number of carbonyl (C=O) groups excluding carboxylic acids is 1. The molecule has 0 saturated carbocycles. The number of rotatable bonds is 3. The van der Waals surface area contributed by atoms with E-state index in [4.69, 9.17) is 0 Å². The van der Waals surface area contributed by atoms with Crippen LogP contribution in [0.15, 0.2) is 0 Å². The Bertz CT molecular complexity index is 999. The maximum atomic E-state index is 12.5. The van der Waals surface area contributed by atoms with Gasteiger partial charge in [0.1, 0.15) is 11.6 Å². The number of nitrogens with zero attached hydrogens (tertiary/aromatic N) is 2. The number of carboxylic acids is 1. The van der Waals surface area contributed by atoms with Gasteiger partial charge in [-0.05, 0) is 46.3 Å². The lowest BCUT2D eigenvalue weighted by Crippen LogP contribution is -2.06. The molecule has 136 valence electrons. The molecule has 2 aromatic rings. The van der Waals surface area contributed by atoms with Gasteiger partial charge >= 0.3 is 5.97 Å². The van der Waals surface area contributed by atoms with E-state index in [0.717, 1.165) is 0 Å². The summed E-state index contributed by atoms with van der Waals surface area (Å²) in [6.45, 7) is 9.39. The number of aromatic nitrogens is 2. The molecule has 3 N–H and O–H groups in total. The van der Waals surface area contributed by atoms with Crippen LogP contribution in [-0.4, -0.2) is 31.6 Å². The number of anilines is 1. The minimum atomic E-state index is -0.991. The largest absolute Gasteiger partial charge is 0.506 e. The van der Waals surface area contributed by atoms with Crippen LogP contribution in [0.25, 0.3) is 11.6 Å². The van der Waals surface area contributed by atoms with E-state index in [1.807, 2.05) is 11.5 Å². The van der Waals surface area contributed by atoms with Gasteiger partial charge in [-0.2, -0.15) is 0 Å². The summed E-state index contributed by atoms with van der Waals surface area (Å²) in [6.07, 6.45) is 1.68. The van der Waals surface area contributed by atoms with E-state index < -0.39 is 5.97 Å². The summed E-state index contributed by atoms with van der Waals surface area (Å²) >= 11 is 0. The molecule has 0 bridgehead atoms. The van der Waals surface area contributed by atoms with Crippen LogP contribution in [0.2, 0.25) is 0 Å². The van der Waals surface area contributed by atoms with Crippen molar-refractivity contribution >= 4 is 29.3 Å². The van der Waals surface area contributed by atoms with Gasteiger partial charge in [-0.3, -0.25) is 4.79 Å². The fourth-order valence-corrected chi connectivity index (χ4v) is 3.65. The maximum absolute atomic E-state index is 12.5. The lowest BCUT2D eigenvalue weighted by Gasteiger charge is -2.09. The number of carbonyl (C=O) groups is 2. The average molecular weight is 355 g/mol. The summed E-state index contributed by atoms with van der Waals surface area (Å²) in [5.74, 6) is -0.847. The van der Waals surface area contributed by atoms with Gasteiger partial charge in [-0.1, -0.05) is 0 Å². The third-order valence-corrected chi connectivity index (χ3v) is 4.96. The molecule has 0 aromatic carbocycles. The van der Waals surface area contributed by atoms with E-state index in [1.54, 1.807) is 33.8 Å². The molecule has 0 saturated heterocycles. The molecule has 0 spiro atoms. The number of nitrogens with one attached hydrogen (secondary N) is 1. The first-order chi connectivity index (χ1) is 12.2. The van der Waals surface area contributed by atoms with E-state index >= 15 is 0 Å².